The zero-order chi connectivity index (χ0) is 27.7. The molecule has 0 bridgehead atoms. The molecule has 0 spiro atoms. The van der Waals surface area contributed by atoms with Gasteiger partial charge >= 0.3 is 0 Å². The van der Waals surface area contributed by atoms with Crippen molar-refractivity contribution in [2.75, 3.05) is 12.4 Å². The second-order valence-electron chi connectivity index (χ2n) is 10.4. The molecule has 7 heteroatoms. The third-order valence-electron chi connectivity index (χ3n) is 7.39. The van der Waals surface area contributed by atoms with Crippen LogP contribution in [-0.2, 0) is 11.2 Å². The fourth-order valence-corrected chi connectivity index (χ4v) is 5.94. The smallest absolute Gasteiger partial charge is 0.232 e. The van der Waals surface area contributed by atoms with Gasteiger partial charge in [-0.25, -0.2) is 4.98 Å². The second-order valence-corrected chi connectivity index (χ2v) is 11.3. The number of amides is 1. The Labute approximate surface area is 237 Å². The molecule has 1 atom stereocenters. The topological polar surface area (TPSA) is 73.3 Å². The molecular weight excluding hydrogens is 518 g/mol. The SMILES string of the molecule is COc1ccc2c(c1)Oc1ccccc1[C@H]2C(C)(C)C(=O)Nc1nc(Cc2ccc(-c3cccnc3)cc2)cs1. The van der Waals surface area contributed by atoms with E-state index in [4.69, 9.17) is 14.5 Å². The number of hydrogen-bond acceptors (Lipinski definition) is 6. The van der Waals surface area contributed by atoms with E-state index in [9.17, 15) is 4.79 Å². The number of anilines is 1. The fourth-order valence-electron chi connectivity index (χ4n) is 5.24. The van der Waals surface area contributed by atoms with Crippen LogP contribution < -0.4 is 14.8 Å². The van der Waals surface area contributed by atoms with Gasteiger partial charge in [-0.1, -0.05) is 68.4 Å². The molecule has 3 heterocycles. The lowest BCUT2D eigenvalue weighted by Gasteiger charge is -2.38. The molecule has 0 aliphatic carbocycles. The number of methoxy groups -OCH3 is 1. The summed E-state index contributed by atoms with van der Waals surface area (Å²) in [5.74, 6) is 1.85. The number of para-hydroxylation sites is 1. The van der Waals surface area contributed by atoms with Crippen molar-refractivity contribution in [3.8, 4) is 28.4 Å². The lowest BCUT2D eigenvalue weighted by Crippen LogP contribution is -2.38. The van der Waals surface area contributed by atoms with Crippen LogP contribution in [-0.4, -0.2) is 23.0 Å². The molecule has 1 N–H and O–H groups in total. The van der Waals surface area contributed by atoms with Gasteiger partial charge in [-0.15, -0.1) is 11.3 Å². The Morgan fingerprint density at radius 1 is 0.975 bits per heavy atom. The minimum absolute atomic E-state index is 0.0994. The lowest BCUT2D eigenvalue weighted by atomic mass is 9.69. The van der Waals surface area contributed by atoms with Crippen LogP contribution in [0, 0.1) is 5.41 Å². The number of pyridine rings is 1. The molecule has 1 aliphatic rings. The van der Waals surface area contributed by atoms with Gasteiger partial charge < -0.3 is 14.8 Å². The van der Waals surface area contributed by atoms with Gasteiger partial charge in [-0.3, -0.25) is 9.78 Å². The average Bonchev–Trinajstić information content (AvgIpc) is 3.42. The Morgan fingerprint density at radius 2 is 1.77 bits per heavy atom. The summed E-state index contributed by atoms with van der Waals surface area (Å²) in [6, 6.07) is 26.1. The Balaban J connectivity index is 1.20. The molecule has 1 amide bonds. The summed E-state index contributed by atoms with van der Waals surface area (Å²) >= 11 is 1.44. The monoisotopic (exact) mass is 547 g/mol. The number of nitrogens with one attached hydrogen (secondary N) is 1. The van der Waals surface area contributed by atoms with Gasteiger partial charge in [-0.05, 0) is 34.9 Å². The lowest BCUT2D eigenvalue weighted by molar-refractivity contribution is -0.124. The van der Waals surface area contributed by atoms with Crippen LogP contribution in [0.3, 0.4) is 0 Å². The molecule has 2 aromatic heterocycles. The average molecular weight is 548 g/mol. The first-order valence-electron chi connectivity index (χ1n) is 13.1. The zero-order valence-electron chi connectivity index (χ0n) is 22.5. The van der Waals surface area contributed by atoms with Gasteiger partial charge in [0, 0.05) is 47.3 Å². The van der Waals surface area contributed by atoms with Gasteiger partial charge in [0.15, 0.2) is 5.13 Å². The molecule has 200 valence electrons. The molecule has 6 nitrogen and oxygen atoms in total. The van der Waals surface area contributed by atoms with Gasteiger partial charge in [-0.2, -0.15) is 0 Å². The number of ether oxygens (including phenoxy) is 2. The molecule has 5 aromatic rings. The summed E-state index contributed by atoms with van der Waals surface area (Å²) in [6.07, 6.45) is 4.32. The molecule has 0 unspecified atom stereocenters. The number of fused-ring (bicyclic) bond motifs is 2. The zero-order valence-corrected chi connectivity index (χ0v) is 23.4. The summed E-state index contributed by atoms with van der Waals surface area (Å²) < 4.78 is 11.6. The van der Waals surface area contributed by atoms with Gasteiger partial charge in [0.05, 0.1) is 18.2 Å². The number of benzene rings is 3. The minimum atomic E-state index is -0.794. The van der Waals surface area contributed by atoms with Crippen LogP contribution in [0.1, 0.15) is 42.1 Å². The van der Waals surface area contributed by atoms with Crippen molar-refractivity contribution in [1.82, 2.24) is 9.97 Å². The van der Waals surface area contributed by atoms with E-state index in [-0.39, 0.29) is 11.8 Å². The van der Waals surface area contributed by atoms with Crippen molar-refractivity contribution in [3.05, 3.63) is 119 Å². The minimum Gasteiger partial charge on any atom is -0.497 e. The van der Waals surface area contributed by atoms with E-state index in [1.54, 1.807) is 13.3 Å². The maximum Gasteiger partial charge on any atom is 0.232 e. The molecule has 0 fully saturated rings. The van der Waals surface area contributed by atoms with Crippen molar-refractivity contribution >= 4 is 22.4 Å². The molecule has 3 aromatic carbocycles. The summed E-state index contributed by atoms with van der Waals surface area (Å²) in [5.41, 5.74) is 5.42. The second kappa shape index (κ2) is 10.6. The van der Waals surface area contributed by atoms with Crippen LogP contribution >= 0.6 is 11.3 Å². The number of nitrogens with zero attached hydrogens (tertiary/aromatic N) is 2. The first-order valence-corrected chi connectivity index (χ1v) is 14.0. The van der Waals surface area contributed by atoms with Crippen molar-refractivity contribution in [2.24, 2.45) is 5.41 Å². The van der Waals surface area contributed by atoms with Crippen molar-refractivity contribution in [2.45, 2.75) is 26.2 Å². The third-order valence-corrected chi connectivity index (χ3v) is 8.20. The molecule has 0 saturated heterocycles. The van der Waals surface area contributed by atoms with E-state index in [0.717, 1.165) is 39.3 Å². The van der Waals surface area contributed by atoms with Crippen molar-refractivity contribution in [3.63, 3.8) is 0 Å². The quantitative estimate of drug-likeness (QED) is 0.226. The highest BCUT2D eigenvalue weighted by Gasteiger charge is 2.43. The highest BCUT2D eigenvalue weighted by Crippen LogP contribution is 2.52. The maximum atomic E-state index is 13.8. The molecule has 40 heavy (non-hydrogen) atoms. The Kier molecular flexibility index (Phi) is 6.82. The Bertz CT molecular complexity index is 1660. The summed E-state index contributed by atoms with van der Waals surface area (Å²) in [7, 11) is 1.63. The highest BCUT2D eigenvalue weighted by atomic mass is 32.1. The number of aromatic nitrogens is 2. The Morgan fingerprint density at radius 3 is 2.55 bits per heavy atom. The summed E-state index contributed by atoms with van der Waals surface area (Å²) in [5, 5.41) is 5.69. The third kappa shape index (κ3) is 4.96. The number of thiazole rings is 1. The number of rotatable bonds is 7. The molecule has 0 radical (unpaired) electrons. The standard InChI is InChI=1S/C33H29N3O3S/c1-33(2,30-26-8-4-5-9-28(26)39-29-18-25(38-3)14-15-27(29)30)31(37)36-32-35-24(20-40-32)17-21-10-12-22(13-11-21)23-7-6-16-34-19-23/h4-16,18-20,30H,17H2,1-3H3,(H,35,36,37)/t30-/m1/s1. The van der Waals surface area contributed by atoms with Crippen LogP contribution in [0.25, 0.3) is 11.1 Å². The Hall–Kier alpha value is -4.49. The van der Waals surface area contributed by atoms with E-state index < -0.39 is 5.41 Å². The van der Waals surface area contributed by atoms with Crippen LogP contribution in [0.15, 0.2) is 96.6 Å². The van der Waals surface area contributed by atoms with E-state index in [1.807, 2.05) is 80.0 Å². The molecule has 0 saturated carbocycles. The maximum absolute atomic E-state index is 13.8. The molecular formula is C33H29N3O3S. The van der Waals surface area contributed by atoms with Gasteiger partial charge in [0.2, 0.25) is 5.91 Å². The normalized spacial score (nSPS) is 14.0. The van der Waals surface area contributed by atoms with Gasteiger partial charge in [0.1, 0.15) is 17.2 Å². The summed E-state index contributed by atoms with van der Waals surface area (Å²) in [4.78, 5) is 22.7. The fraction of sp³-hybridized carbons (Fsp3) is 0.182. The predicted molar refractivity (Wildman–Crippen MR) is 158 cm³/mol. The number of carbonyl (C=O) groups excluding carboxylic acids is 1. The van der Waals surface area contributed by atoms with E-state index >= 15 is 0 Å². The van der Waals surface area contributed by atoms with E-state index in [0.29, 0.717) is 23.1 Å². The van der Waals surface area contributed by atoms with Crippen molar-refractivity contribution in [1.29, 1.82) is 0 Å². The van der Waals surface area contributed by atoms with Gasteiger partial charge in [0.25, 0.3) is 0 Å². The highest BCUT2D eigenvalue weighted by molar-refractivity contribution is 7.13. The van der Waals surface area contributed by atoms with Crippen molar-refractivity contribution < 1.29 is 14.3 Å². The summed E-state index contributed by atoms with van der Waals surface area (Å²) in [6.45, 7) is 3.95. The predicted octanol–water partition coefficient (Wildman–Crippen LogP) is 7.71. The van der Waals surface area contributed by atoms with Crippen LogP contribution in [0.5, 0.6) is 17.2 Å². The molecule has 6 rings (SSSR count). The van der Waals surface area contributed by atoms with Crippen LogP contribution in [0.4, 0.5) is 5.13 Å². The number of hydrogen-bond donors (Lipinski definition) is 1. The van der Waals surface area contributed by atoms with Crippen LogP contribution in [0.2, 0.25) is 0 Å². The van der Waals surface area contributed by atoms with E-state index in [2.05, 4.69) is 34.6 Å². The number of carbonyl (C=O) groups is 1. The van der Waals surface area contributed by atoms with E-state index in [1.165, 1.54) is 11.3 Å². The first kappa shape index (κ1) is 25.8. The first-order chi connectivity index (χ1) is 19.4. The molecule has 1 aliphatic heterocycles. The largest absolute Gasteiger partial charge is 0.497 e.